The van der Waals surface area contributed by atoms with E-state index < -0.39 is 7.60 Å². The molecule has 1 unspecified atom stereocenters. The standard InChI is InChI=1S/C12H28NO3P/c1-6-8-13(9-7-2)10-11-15-17(5,14)16-12(3)4/h12H,6-11H2,1-5H3. The lowest BCUT2D eigenvalue weighted by molar-refractivity contribution is 0.152. The van der Waals surface area contributed by atoms with Crippen LogP contribution in [0.1, 0.15) is 40.5 Å². The monoisotopic (exact) mass is 265 g/mol. The Morgan fingerprint density at radius 2 is 1.65 bits per heavy atom. The zero-order valence-corrected chi connectivity index (χ0v) is 12.8. The van der Waals surface area contributed by atoms with E-state index in [1.165, 1.54) is 6.66 Å². The second-order valence-corrected chi connectivity index (χ2v) is 6.61. The summed E-state index contributed by atoms with van der Waals surface area (Å²) in [5.74, 6) is 0. The molecular formula is C12H28NO3P. The summed E-state index contributed by atoms with van der Waals surface area (Å²) < 4.78 is 22.5. The van der Waals surface area contributed by atoms with Gasteiger partial charge in [0.2, 0.25) is 0 Å². The van der Waals surface area contributed by atoms with Crippen LogP contribution in [0.5, 0.6) is 0 Å². The molecule has 0 aromatic carbocycles. The van der Waals surface area contributed by atoms with Crippen molar-refractivity contribution in [1.82, 2.24) is 4.90 Å². The van der Waals surface area contributed by atoms with Crippen LogP contribution in [0.2, 0.25) is 0 Å². The molecule has 0 saturated carbocycles. The van der Waals surface area contributed by atoms with Crippen LogP contribution >= 0.6 is 7.60 Å². The Morgan fingerprint density at radius 3 is 2.06 bits per heavy atom. The molecule has 1 atom stereocenters. The summed E-state index contributed by atoms with van der Waals surface area (Å²) in [6.45, 7) is 13.0. The van der Waals surface area contributed by atoms with Gasteiger partial charge in [-0.15, -0.1) is 0 Å². The summed E-state index contributed by atoms with van der Waals surface area (Å²) in [4.78, 5) is 2.33. The van der Waals surface area contributed by atoms with Gasteiger partial charge in [-0.1, -0.05) is 13.8 Å². The maximum atomic E-state index is 11.9. The molecule has 0 spiro atoms. The molecule has 0 radical (unpaired) electrons. The maximum Gasteiger partial charge on any atom is 0.327 e. The van der Waals surface area contributed by atoms with Crippen LogP contribution in [0.25, 0.3) is 0 Å². The molecule has 5 heteroatoms. The highest BCUT2D eigenvalue weighted by Crippen LogP contribution is 2.44. The summed E-state index contributed by atoms with van der Waals surface area (Å²) in [7, 11) is -2.87. The van der Waals surface area contributed by atoms with Gasteiger partial charge in [-0.25, -0.2) is 0 Å². The molecule has 0 amide bonds. The number of rotatable bonds is 10. The van der Waals surface area contributed by atoms with E-state index in [9.17, 15) is 4.57 Å². The highest BCUT2D eigenvalue weighted by Gasteiger charge is 2.18. The van der Waals surface area contributed by atoms with Gasteiger partial charge in [0.25, 0.3) is 0 Å². The van der Waals surface area contributed by atoms with Gasteiger partial charge in [-0.2, -0.15) is 0 Å². The first kappa shape index (κ1) is 17.1. The smallest absolute Gasteiger partial charge is 0.307 e. The zero-order chi connectivity index (χ0) is 13.3. The molecule has 0 heterocycles. The van der Waals surface area contributed by atoms with E-state index in [0.717, 1.165) is 32.5 Å². The number of hydrogen-bond donors (Lipinski definition) is 0. The van der Waals surface area contributed by atoms with Crippen LogP contribution in [0.15, 0.2) is 0 Å². The van der Waals surface area contributed by atoms with Gasteiger partial charge >= 0.3 is 7.60 Å². The molecule has 0 aliphatic carbocycles. The molecule has 0 aliphatic rings. The molecule has 0 aromatic rings. The average Bonchev–Trinajstić information content (AvgIpc) is 2.15. The largest absolute Gasteiger partial charge is 0.327 e. The van der Waals surface area contributed by atoms with Gasteiger partial charge in [0.05, 0.1) is 12.7 Å². The maximum absolute atomic E-state index is 11.9. The molecule has 17 heavy (non-hydrogen) atoms. The molecule has 0 N–H and O–H groups in total. The molecule has 0 saturated heterocycles. The Labute approximate surface area is 106 Å². The third-order valence-corrected chi connectivity index (χ3v) is 3.67. The van der Waals surface area contributed by atoms with Crippen molar-refractivity contribution in [3.63, 3.8) is 0 Å². The summed E-state index contributed by atoms with van der Waals surface area (Å²) in [5.41, 5.74) is 0. The van der Waals surface area contributed by atoms with Crippen molar-refractivity contribution in [3.05, 3.63) is 0 Å². The van der Waals surface area contributed by atoms with Gasteiger partial charge in [0, 0.05) is 13.2 Å². The normalized spacial score (nSPS) is 15.5. The van der Waals surface area contributed by atoms with E-state index in [0.29, 0.717) is 6.61 Å². The quantitative estimate of drug-likeness (QED) is 0.568. The highest BCUT2D eigenvalue weighted by molar-refractivity contribution is 7.53. The van der Waals surface area contributed by atoms with Crippen molar-refractivity contribution in [1.29, 1.82) is 0 Å². The SMILES string of the molecule is CCCN(CCC)CCOP(C)(=O)OC(C)C. The Hall–Kier alpha value is 0.110. The van der Waals surface area contributed by atoms with Crippen molar-refractivity contribution in [2.24, 2.45) is 0 Å². The topological polar surface area (TPSA) is 38.8 Å². The third-order valence-electron chi connectivity index (χ3n) is 2.22. The summed E-state index contributed by atoms with van der Waals surface area (Å²) in [6, 6.07) is 0. The lowest BCUT2D eigenvalue weighted by atomic mass is 10.3. The Balaban J connectivity index is 3.89. The first-order chi connectivity index (χ1) is 7.91. The minimum absolute atomic E-state index is 0.0618. The Bertz CT molecular complexity index is 228. The lowest BCUT2D eigenvalue weighted by Gasteiger charge is -2.22. The zero-order valence-electron chi connectivity index (χ0n) is 11.9. The van der Waals surface area contributed by atoms with Gasteiger partial charge < -0.3 is 13.9 Å². The molecular weight excluding hydrogens is 237 g/mol. The van der Waals surface area contributed by atoms with Crippen molar-refractivity contribution in [2.45, 2.75) is 46.6 Å². The van der Waals surface area contributed by atoms with Crippen LogP contribution in [0.3, 0.4) is 0 Å². The summed E-state index contributed by atoms with van der Waals surface area (Å²) in [5, 5.41) is 0. The third kappa shape index (κ3) is 9.78. The van der Waals surface area contributed by atoms with Crippen molar-refractivity contribution in [2.75, 3.05) is 32.9 Å². The molecule has 104 valence electrons. The minimum Gasteiger partial charge on any atom is -0.307 e. The summed E-state index contributed by atoms with van der Waals surface area (Å²) in [6.07, 6.45) is 2.20. The van der Waals surface area contributed by atoms with Crippen molar-refractivity contribution in [3.8, 4) is 0 Å². The highest BCUT2D eigenvalue weighted by atomic mass is 31.2. The van der Waals surface area contributed by atoms with Crippen molar-refractivity contribution >= 4 is 7.60 Å². The Morgan fingerprint density at radius 1 is 1.12 bits per heavy atom. The number of nitrogens with zero attached hydrogens (tertiary/aromatic N) is 1. The van der Waals surface area contributed by atoms with Crippen LogP contribution in [0, 0.1) is 0 Å². The first-order valence-corrected chi connectivity index (χ1v) is 8.53. The van der Waals surface area contributed by atoms with Gasteiger partial charge in [-0.05, 0) is 39.8 Å². The predicted octanol–water partition coefficient (Wildman–Crippen LogP) is 3.37. The summed E-state index contributed by atoms with van der Waals surface area (Å²) >= 11 is 0. The van der Waals surface area contributed by atoms with E-state index in [1.807, 2.05) is 13.8 Å². The molecule has 4 nitrogen and oxygen atoms in total. The van der Waals surface area contributed by atoms with E-state index in [1.54, 1.807) is 0 Å². The van der Waals surface area contributed by atoms with Crippen LogP contribution < -0.4 is 0 Å². The number of hydrogen-bond acceptors (Lipinski definition) is 4. The fourth-order valence-corrected chi connectivity index (χ4v) is 2.96. The van der Waals surface area contributed by atoms with Crippen LogP contribution in [-0.4, -0.2) is 43.9 Å². The molecule has 0 aliphatic heterocycles. The average molecular weight is 265 g/mol. The predicted molar refractivity (Wildman–Crippen MR) is 72.7 cm³/mol. The van der Waals surface area contributed by atoms with E-state index in [4.69, 9.17) is 9.05 Å². The fourth-order valence-electron chi connectivity index (χ4n) is 1.72. The van der Waals surface area contributed by atoms with E-state index in [2.05, 4.69) is 18.7 Å². The molecule has 0 rings (SSSR count). The van der Waals surface area contributed by atoms with E-state index >= 15 is 0 Å². The molecule has 0 aromatic heterocycles. The Kier molecular flexibility index (Phi) is 9.15. The van der Waals surface area contributed by atoms with Crippen LogP contribution in [0.4, 0.5) is 0 Å². The van der Waals surface area contributed by atoms with Gasteiger partial charge in [0.1, 0.15) is 0 Å². The van der Waals surface area contributed by atoms with Gasteiger partial charge in [0.15, 0.2) is 0 Å². The lowest BCUT2D eigenvalue weighted by Crippen LogP contribution is -2.29. The van der Waals surface area contributed by atoms with E-state index in [-0.39, 0.29) is 6.10 Å². The molecule has 0 fully saturated rings. The minimum atomic E-state index is -2.87. The van der Waals surface area contributed by atoms with Crippen LogP contribution in [-0.2, 0) is 13.6 Å². The fraction of sp³-hybridized carbons (Fsp3) is 1.00. The second kappa shape index (κ2) is 9.09. The first-order valence-electron chi connectivity index (χ1n) is 6.54. The second-order valence-electron chi connectivity index (χ2n) is 4.60. The molecule has 0 bridgehead atoms. The van der Waals surface area contributed by atoms with Crippen molar-refractivity contribution < 1.29 is 13.6 Å². The van der Waals surface area contributed by atoms with Gasteiger partial charge in [-0.3, -0.25) is 4.57 Å².